The third kappa shape index (κ3) is 4.11. The summed E-state index contributed by atoms with van der Waals surface area (Å²) in [6, 6.07) is 16.9. The number of likely N-dealkylation sites (N-methyl/N-ethyl adjacent to an activating group) is 1. The van der Waals surface area contributed by atoms with Crippen LogP contribution < -0.4 is 15.0 Å². The minimum absolute atomic E-state index is 0.121. The summed E-state index contributed by atoms with van der Waals surface area (Å²) >= 11 is 0. The number of anilines is 2. The van der Waals surface area contributed by atoms with Gasteiger partial charge in [0, 0.05) is 6.54 Å². The Morgan fingerprint density at radius 1 is 1.11 bits per heavy atom. The fraction of sp³-hybridized carbons (Fsp3) is 0.333. The molecule has 0 radical (unpaired) electrons. The molecule has 2 aromatic carbocycles. The lowest BCUT2D eigenvalue weighted by Gasteiger charge is -2.42. The SMILES string of the molecule is CN(CCOc1ccccc1)CC(=O)N1c2ccccc2NC(=O)C1(C)C. The molecule has 6 nitrogen and oxygen atoms in total. The predicted molar refractivity (Wildman–Crippen MR) is 106 cm³/mol. The van der Waals surface area contributed by atoms with E-state index in [1.807, 2.05) is 60.5 Å². The number of hydrogen-bond acceptors (Lipinski definition) is 4. The van der Waals surface area contributed by atoms with Crippen molar-refractivity contribution in [2.75, 3.05) is 37.0 Å². The smallest absolute Gasteiger partial charge is 0.250 e. The number of carbonyl (C=O) groups is 2. The lowest BCUT2D eigenvalue weighted by atomic mass is 9.96. The van der Waals surface area contributed by atoms with E-state index in [1.165, 1.54) is 0 Å². The molecule has 0 saturated carbocycles. The van der Waals surface area contributed by atoms with Crippen LogP contribution in [0.15, 0.2) is 54.6 Å². The second-order valence-corrected chi connectivity index (χ2v) is 7.16. The molecule has 2 amide bonds. The third-order valence-corrected chi connectivity index (χ3v) is 4.65. The van der Waals surface area contributed by atoms with E-state index in [1.54, 1.807) is 24.8 Å². The van der Waals surface area contributed by atoms with Crippen molar-refractivity contribution in [3.05, 3.63) is 54.6 Å². The van der Waals surface area contributed by atoms with Crippen molar-refractivity contribution in [1.82, 2.24) is 4.90 Å². The first-order valence-corrected chi connectivity index (χ1v) is 8.99. The molecule has 0 fully saturated rings. The Hall–Kier alpha value is -2.86. The highest BCUT2D eigenvalue weighted by molar-refractivity contribution is 6.14. The van der Waals surface area contributed by atoms with E-state index in [2.05, 4.69) is 5.32 Å². The average Bonchev–Trinajstić information content (AvgIpc) is 2.63. The van der Waals surface area contributed by atoms with Gasteiger partial charge in [-0.25, -0.2) is 0 Å². The zero-order valence-corrected chi connectivity index (χ0v) is 15.9. The Kier molecular flexibility index (Phi) is 5.46. The van der Waals surface area contributed by atoms with Crippen LogP contribution in [0.5, 0.6) is 5.75 Å². The number of rotatable bonds is 6. The topological polar surface area (TPSA) is 61.9 Å². The van der Waals surface area contributed by atoms with Crippen molar-refractivity contribution in [2.24, 2.45) is 0 Å². The van der Waals surface area contributed by atoms with Crippen molar-refractivity contribution in [3.8, 4) is 5.75 Å². The molecule has 3 rings (SSSR count). The maximum Gasteiger partial charge on any atom is 0.250 e. The standard InChI is InChI=1S/C21H25N3O3/c1-21(2)20(26)22-17-11-7-8-12-18(17)24(21)19(25)15-23(3)13-14-27-16-9-5-4-6-10-16/h4-12H,13-15H2,1-3H3,(H,22,26). The number of amides is 2. The van der Waals surface area contributed by atoms with Crippen molar-refractivity contribution in [1.29, 1.82) is 0 Å². The van der Waals surface area contributed by atoms with Crippen LogP contribution >= 0.6 is 0 Å². The van der Waals surface area contributed by atoms with E-state index in [0.717, 1.165) is 11.4 Å². The normalized spacial score (nSPS) is 15.3. The van der Waals surface area contributed by atoms with E-state index >= 15 is 0 Å². The lowest BCUT2D eigenvalue weighted by molar-refractivity contribution is -0.127. The molecule has 0 atom stereocenters. The Morgan fingerprint density at radius 2 is 1.78 bits per heavy atom. The number of nitrogens with one attached hydrogen (secondary N) is 1. The van der Waals surface area contributed by atoms with Gasteiger partial charge in [0.05, 0.1) is 17.9 Å². The highest BCUT2D eigenvalue weighted by Crippen LogP contribution is 2.36. The first-order valence-electron chi connectivity index (χ1n) is 8.99. The molecule has 1 N–H and O–H groups in total. The molecule has 0 aliphatic carbocycles. The summed E-state index contributed by atoms with van der Waals surface area (Å²) in [6.45, 7) is 4.80. The molecule has 1 aliphatic rings. The van der Waals surface area contributed by atoms with Crippen LogP contribution in [0, 0.1) is 0 Å². The highest BCUT2D eigenvalue weighted by atomic mass is 16.5. The highest BCUT2D eigenvalue weighted by Gasteiger charge is 2.43. The van der Waals surface area contributed by atoms with Gasteiger partial charge in [0.25, 0.3) is 0 Å². The number of benzene rings is 2. The Balaban J connectivity index is 1.64. The quantitative estimate of drug-likeness (QED) is 0.853. The summed E-state index contributed by atoms with van der Waals surface area (Å²) in [4.78, 5) is 29.0. The molecule has 142 valence electrons. The fourth-order valence-electron chi connectivity index (χ4n) is 3.12. The molecule has 0 unspecified atom stereocenters. The molecule has 27 heavy (non-hydrogen) atoms. The van der Waals surface area contributed by atoms with E-state index in [-0.39, 0.29) is 18.4 Å². The number of para-hydroxylation sites is 3. The van der Waals surface area contributed by atoms with Crippen LogP contribution in [-0.2, 0) is 9.59 Å². The molecular formula is C21H25N3O3. The maximum absolute atomic E-state index is 13.0. The minimum atomic E-state index is -0.952. The average molecular weight is 367 g/mol. The molecule has 0 aromatic heterocycles. The van der Waals surface area contributed by atoms with E-state index < -0.39 is 5.54 Å². The Labute approximate surface area is 159 Å². The molecule has 6 heteroatoms. The van der Waals surface area contributed by atoms with Crippen molar-refractivity contribution in [3.63, 3.8) is 0 Å². The van der Waals surface area contributed by atoms with Crippen molar-refractivity contribution < 1.29 is 14.3 Å². The van der Waals surface area contributed by atoms with Gasteiger partial charge in [-0.2, -0.15) is 0 Å². The summed E-state index contributed by atoms with van der Waals surface area (Å²) in [5.41, 5.74) is 0.429. The Morgan fingerprint density at radius 3 is 2.52 bits per heavy atom. The van der Waals surface area contributed by atoms with Crippen LogP contribution in [0.3, 0.4) is 0 Å². The molecule has 0 spiro atoms. The van der Waals surface area contributed by atoms with Gasteiger partial charge in [-0.15, -0.1) is 0 Å². The van der Waals surface area contributed by atoms with Crippen LogP contribution in [0.2, 0.25) is 0 Å². The van der Waals surface area contributed by atoms with Gasteiger partial charge in [0.15, 0.2) is 0 Å². The van der Waals surface area contributed by atoms with Gasteiger partial charge in [0.2, 0.25) is 11.8 Å². The molecule has 0 bridgehead atoms. The number of hydrogen-bond donors (Lipinski definition) is 1. The first-order chi connectivity index (χ1) is 12.9. The van der Waals surface area contributed by atoms with Gasteiger partial charge < -0.3 is 10.1 Å². The van der Waals surface area contributed by atoms with Gasteiger partial charge in [-0.1, -0.05) is 30.3 Å². The van der Waals surface area contributed by atoms with E-state index in [4.69, 9.17) is 4.74 Å². The van der Waals surface area contributed by atoms with Crippen molar-refractivity contribution in [2.45, 2.75) is 19.4 Å². The fourth-order valence-corrected chi connectivity index (χ4v) is 3.12. The second-order valence-electron chi connectivity index (χ2n) is 7.16. The van der Waals surface area contributed by atoms with Gasteiger partial charge >= 0.3 is 0 Å². The summed E-state index contributed by atoms with van der Waals surface area (Å²) < 4.78 is 5.69. The van der Waals surface area contributed by atoms with Gasteiger partial charge in [-0.3, -0.25) is 19.4 Å². The predicted octanol–water partition coefficient (Wildman–Crippen LogP) is 2.76. The van der Waals surface area contributed by atoms with Crippen LogP contribution in [0.1, 0.15) is 13.8 Å². The van der Waals surface area contributed by atoms with E-state index in [9.17, 15) is 9.59 Å². The maximum atomic E-state index is 13.0. The minimum Gasteiger partial charge on any atom is -0.492 e. The molecule has 2 aromatic rings. The Bertz CT molecular complexity index is 820. The largest absolute Gasteiger partial charge is 0.492 e. The molecule has 1 aliphatic heterocycles. The number of fused-ring (bicyclic) bond motifs is 1. The molecule has 1 heterocycles. The van der Waals surface area contributed by atoms with Gasteiger partial charge in [-0.05, 0) is 45.2 Å². The third-order valence-electron chi connectivity index (χ3n) is 4.65. The number of ether oxygens (including phenoxy) is 1. The number of carbonyl (C=O) groups excluding carboxylic acids is 2. The van der Waals surface area contributed by atoms with E-state index in [0.29, 0.717) is 18.8 Å². The molecular weight excluding hydrogens is 342 g/mol. The lowest BCUT2D eigenvalue weighted by Crippen LogP contribution is -2.60. The van der Waals surface area contributed by atoms with Crippen LogP contribution in [-0.4, -0.2) is 49.0 Å². The monoisotopic (exact) mass is 367 g/mol. The zero-order chi connectivity index (χ0) is 19.4. The van der Waals surface area contributed by atoms with Crippen LogP contribution in [0.4, 0.5) is 11.4 Å². The second kappa shape index (κ2) is 7.80. The molecule has 0 saturated heterocycles. The summed E-state index contributed by atoms with van der Waals surface area (Å²) in [5, 5.41) is 2.87. The van der Waals surface area contributed by atoms with Crippen molar-refractivity contribution >= 4 is 23.2 Å². The number of nitrogens with zero attached hydrogens (tertiary/aromatic N) is 2. The van der Waals surface area contributed by atoms with Crippen LogP contribution in [0.25, 0.3) is 0 Å². The summed E-state index contributed by atoms with van der Waals surface area (Å²) in [7, 11) is 1.87. The first kappa shape index (κ1) is 18.9. The van der Waals surface area contributed by atoms with Gasteiger partial charge in [0.1, 0.15) is 17.9 Å². The summed E-state index contributed by atoms with van der Waals surface area (Å²) in [6.07, 6.45) is 0. The zero-order valence-electron chi connectivity index (χ0n) is 15.9. The summed E-state index contributed by atoms with van der Waals surface area (Å²) in [5.74, 6) is 0.495.